The summed E-state index contributed by atoms with van der Waals surface area (Å²) in [7, 11) is -4.50. The van der Waals surface area contributed by atoms with Crippen LogP contribution in [0.4, 0.5) is 13.2 Å². The molecule has 0 saturated carbocycles. The number of aromatic nitrogens is 2. The SMILES string of the molecule is O=C(c1nn(-c2ccc(CN3CCOCC3)cc2)c2c1CS(=O)(=O)c1c-2cccc1C(F)(F)F)N1CCOCC1CO. The van der Waals surface area contributed by atoms with Crippen molar-refractivity contribution in [2.24, 2.45) is 0 Å². The van der Waals surface area contributed by atoms with Crippen molar-refractivity contribution in [2.75, 3.05) is 52.7 Å². The van der Waals surface area contributed by atoms with Gasteiger partial charge >= 0.3 is 6.18 Å². The van der Waals surface area contributed by atoms with Gasteiger partial charge in [0.25, 0.3) is 5.91 Å². The lowest BCUT2D eigenvalue weighted by Crippen LogP contribution is -2.50. The van der Waals surface area contributed by atoms with Crippen LogP contribution in [0.1, 0.15) is 27.2 Å². The largest absolute Gasteiger partial charge is 0.417 e. The van der Waals surface area contributed by atoms with Gasteiger partial charge in [-0.1, -0.05) is 24.3 Å². The second kappa shape index (κ2) is 11.1. The molecule has 2 fully saturated rings. The summed E-state index contributed by atoms with van der Waals surface area (Å²) in [6, 6.07) is 9.78. The number of alkyl halides is 3. The van der Waals surface area contributed by atoms with Crippen LogP contribution in [-0.4, -0.2) is 97.7 Å². The summed E-state index contributed by atoms with van der Waals surface area (Å²) >= 11 is 0. The van der Waals surface area contributed by atoms with Crippen molar-refractivity contribution in [3.63, 3.8) is 0 Å². The van der Waals surface area contributed by atoms with E-state index in [9.17, 15) is 31.5 Å². The molecule has 14 heteroatoms. The van der Waals surface area contributed by atoms with Crippen LogP contribution in [0, 0.1) is 0 Å². The van der Waals surface area contributed by atoms with Gasteiger partial charge in [0.2, 0.25) is 0 Å². The molecule has 4 heterocycles. The molecule has 6 rings (SSSR count). The zero-order valence-electron chi connectivity index (χ0n) is 22.5. The molecular formula is C28H29F3N4O6S. The molecule has 1 unspecified atom stereocenters. The molecule has 10 nitrogen and oxygen atoms in total. The Kier molecular flexibility index (Phi) is 7.60. The number of nitrogens with zero attached hydrogens (tertiary/aromatic N) is 4. The summed E-state index contributed by atoms with van der Waals surface area (Å²) in [5.41, 5.74) is -0.0269. The highest BCUT2D eigenvalue weighted by Crippen LogP contribution is 2.46. The lowest BCUT2D eigenvalue weighted by molar-refractivity contribution is -0.139. The van der Waals surface area contributed by atoms with Crippen molar-refractivity contribution >= 4 is 15.7 Å². The fraction of sp³-hybridized carbons (Fsp3) is 0.429. The number of aliphatic hydroxyl groups is 1. The molecule has 1 amide bonds. The number of aliphatic hydroxyl groups excluding tert-OH is 1. The average Bonchev–Trinajstić information content (AvgIpc) is 3.35. The summed E-state index contributed by atoms with van der Waals surface area (Å²) in [5, 5.41) is 14.4. The summed E-state index contributed by atoms with van der Waals surface area (Å²) in [6.45, 7) is 3.64. The third kappa shape index (κ3) is 5.22. The molecule has 0 radical (unpaired) electrons. The number of ether oxygens (including phenoxy) is 2. The molecule has 0 spiro atoms. The van der Waals surface area contributed by atoms with Gasteiger partial charge in [0, 0.05) is 37.3 Å². The fourth-order valence-corrected chi connectivity index (χ4v) is 7.55. The molecule has 42 heavy (non-hydrogen) atoms. The number of rotatable bonds is 5. The second-order valence-electron chi connectivity index (χ2n) is 10.5. The molecule has 224 valence electrons. The zero-order valence-corrected chi connectivity index (χ0v) is 23.3. The highest BCUT2D eigenvalue weighted by molar-refractivity contribution is 7.91. The minimum absolute atomic E-state index is 0.0207. The van der Waals surface area contributed by atoms with Gasteiger partial charge in [0.05, 0.1) is 66.7 Å². The van der Waals surface area contributed by atoms with Crippen molar-refractivity contribution < 1.29 is 41.0 Å². The normalized spacial score (nSPS) is 20.7. The topological polar surface area (TPSA) is 114 Å². The van der Waals surface area contributed by atoms with Crippen LogP contribution in [0.15, 0.2) is 47.4 Å². The first-order valence-electron chi connectivity index (χ1n) is 13.5. The number of amides is 1. The van der Waals surface area contributed by atoms with Crippen molar-refractivity contribution in [3.05, 3.63) is 64.8 Å². The Balaban J connectivity index is 1.49. The first kappa shape index (κ1) is 28.8. The van der Waals surface area contributed by atoms with Crippen LogP contribution in [0.25, 0.3) is 16.9 Å². The predicted octanol–water partition coefficient (Wildman–Crippen LogP) is 2.51. The monoisotopic (exact) mass is 606 g/mol. The maximum Gasteiger partial charge on any atom is 0.417 e. The number of hydrogen-bond acceptors (Lipinski definition) is 8. The highest BCUT2D eigenvalue weighted by atomic mass is 32.2. The summed E-state index contributed by atoms with van der Waals surface area (Å²) in [5.74, 6) is -1.45. The Hall–Kier alpha value is -3.30. The third-order valence-corrected chi connectivity index (χ3v) is 9.53. The van der Waals surface area contributed by atoms with Gasteiger partial charge in [-0.2, -0.15) is 18.3 Å². The summed E-state index contributed by atoms with van der Waals surface area (Å²) in [6.07, 6.45) is -4.91. The molecule has 0 aliphatic carbocycles. The molecule has 1 atom stereocenters. The Labute approximate surface area is 240 Å². The minimum Gasteiger partial charge on any atom is -0.394 e. The van der Waals surface area contributed by atoms with Crippen molar-refractivity contribution in [2.45, 2.75) is 29.4 Å². The first-order chi connectivity index (χ1) is 20.1. The Bertz CT molecular complexity index is 1600. The van der Waals surface area contributed by atoms with E-state index in [1.807, 2.05) is 12.1 Å². The predicted molar refractivity (Wildman–Crippen MR) is 144 cm³/mol. The lowest BCUT2D eigenvalue weighted by Gasteiger charge is -2.34. The molecule has 1 aromatic heterocycles. The Morgan fingerprint density at radius 2 is 1.74 bits per heavy atom. The maximum atomic E-state index is 14.0. The van der Waals surface area contributed by atoms with Gasteiger partial charge in [-0.25, -0.2) is 13.1 Å². The zero-order chi connectivity index (χ0) is 29.6. The van der Waals surface area contributed by atoms with Gasteiger partial charge in [-0.3, -0.25) is 9.69 Å². The van der Waals surface area contributed by atoms with E-state index in [0.29, 0.717) is 25.4 Å². The van der Waals surface area contributed by atoms with Crippen molar-refractivity contribution in [1.29, 1.82) is 0 Å². The molecule has 3 aliphatic heterocycles. The maximum absolute atomic E-state index is 14.0. The standard InChI is InChI=1S/C28H29F3N4O6S/c29-28(30,31)23-3-1-2-21-25-22(17-42(38,39)26(21)23)24(27(37)34-10-13-41-16-20(34)15-36)32-35(25)19-6-4-18(5-7-19)14-33-8-11-40-12-9-33/h1-7,20,36H,8-17H2. The summed E-state index contributed by atoms with van der Waals surface area (Å²) < 4.78 is 81.0. The molecule has 3 aromatic rings. The average molecular weight is 607 g/mol. The molecular weight excluding hydrogens is 577 g/mol. The van der Waals surface area contributed by atoms with Crippen molar-refractivity contribution in [3.8, 4) is 16.9 Å². The number of carbonyl (C=O) groups excluding carboxylic acids is 1. The number of halogens is 3. The van der Waals surface area contributed by atoms with Gasteiger partial charge < -0.3 is 19.5 Å². The van der Waals surface area contributed by atoms with Crippen LogP contribution >= 0.6 is 0 Å². The van der Waals surface area contributed by atoms with Gasteiger partial charge in [0.15, 0.2) is 15.5 Å². The minimum atomic E-state index is -4.91. The van der Waals surface area contributed by atoms with E-state index in [1.54, 1.807) is 12.1 Å². The van der Waals surface area contributed by atoms with Crippen LogP contribution in [0.3, 0.4) is 0 Å². The second-order valence-corrected chi connectivity index (χ2v) is 12.4. The molecule has 1 N–H and O–H groups in total. The van der Waals surface area contributed by atoms with E-state index >= 15 is 0 Å². The smallest absolute Gasteiger partial charge is 0.394 e. The number of hydrogen-bond donors (Lipinski definition) is 1. The van der Waals surface area contributed by atoms with Gasteiger partial charge in [-0.15, -0.1) is 0 Å². The van der Waals surface area contributed by atoms with E-state index in [1.165, 1.54) is 15.6 Å². The fourth-order valence-electron chi connectivity index (χ4n) is 5.74. The molecule has 2 saturated heterocycles. The number of benzene rings is 2. The highest BCUT2D eigenvalue weighted by Gasteiger charge is 2.44. The Morgan fingerprint density at radius 3 is 2.43 bits per heavy atom. The Morgan fingerprint density at radius 1 is 1.02 bits per heavy atom. The number of sulfone groups is 1. The van der Waals surface area contributed by atoms with Crippen LogP contribution in [0.5, 0.6) is 0 Å². The quantitative estimate of drug-likeness (QED) is 0.472. The number of fused-ring (bicyclic) bond motifs is 3. The van der Waals surface area contributed by atoms with Gasteiger partial charge in [-0.05, 0) is 23.8 Å². The van der Waals surface area contributed by atoms with E-state index in [-0.39, 0.29) is 48.9 Å². The molecule has 2 aromatic carbocycles. The van der Waals surface area contributed by atoms with E-state index in [4.69, 9.17) is 9.47 Å². The third-order valence-electron chi connectivity index (χ3n) is 7.80. The number of morpholine rings is 2. The van der Waals surface area contributed by atoms with Crippen LogP contribution in [0.2, 0.25) is 0 Å². The lowest BCUT2D eigenvalue weighted by atomic mass is 10.0. The van der Waals surface area contributed by atoms with Gasteiger partial charge in [0.1, 0.15) is 0 Å². The van der Waals surface area contributed by atoms with Crippen LogP contribution < -0.4 is 0 Å². The van der Waals surface area contributed by atoms with E-state index < -0.39 is 44.2 Å². The van der Waals surface area contributed by atoms with E-state index in [2.05, 4.69) is 10.00 Å². The summed E-state index contributed by atoms with van der Waals surface area (Å²) in [4.78, 5) is 16.6. The molecule has 0 bridgehead atoms. The van der Waals surface area contributed by atoms with E-state index in [0.717, 1.165) is 30.8 Å². The van der Waals surface area contributed by atoms with Crippen LogP contribution in [-0.2, 0) is 37.8 Å². The number of carbonyl (C=O) groups is 1. The first-order valence-corrected chi connectivity index (χ1v) is 15.2. The van der Waals surface area contributed by atoms with Crippen molar-refractivity contribution in [1.82, 2.24) is 19.6 Å². The molecule has 3 aliphatic rings.